The molecular formula is C18H22FNO. The van der Waals surface area contributed by atoms with Gasteiger partial charge < -0.3 is 10.4 Å². The quantitative estimate of drug-likeness (QED) is 0.854. The van der Waals surface area contributed by atoms with Gasteiger partial charge in [0.25, 0.3) is 0 Å². The monoisotopic (exact) mass is 287 g/mol. The van der Waals surface area contributed by atoms with Gasteiger partial charge in [0.1, 0.15) is 5.82 Å². The number of anilines is 1. The van der Waals surface area contributed by atoms with Crippen LogP contribution in [0.3, 0.4) is 0 Å². The summed E-state index contributed by atoms with van der Waals surface area (Å²) in [6.45, 7) is 6.54. The molecule has 0 aliphatic heterocycles. The molecule has 2 aromatic rings. The highest BCUT2D eigenvalue weighted by Gasteiger charge is 2.09. The van der Waals surface area contributed by atoms with Gasteiger partial charge in [0.05, 0.1) is 6.10 Å². The van der Waals surface area contributed by atoms with Crippen LogP contribution in [0.4, 0.5) is 10.1 Å². The first-order valence-electron chi connectivity index (χ1n) is 7.25. The van der Waals surface area contributed by atoms with Crippen LogP contribution in [0.25, 0.3) is 0 Å². The molecule has 3 heteroatoms. The molecule has 21 heavy (non-hydrogen) atoms. The van der Waals surface area contributed by atoms with Crippen LogP contribution in [-0.2, 0) is 0 Å². The van der Waals surface area contributed by atoms with Crippen LogP contribution < -0.4 is 5.32 Å². The lowest BCUT2D eigenvalue weighted by atomic mass is 10.00. The minimum Gasteiger partial charge on any atom is -0.387 e. The maximum absolute atomic E-state index is 13.2. The Bertz CT molecular complexity index is 593. The summed E-state index contributed by atoms with van der Waals surface area (Å²) in [6.07, 6.45) is -0.617. The molecular weight excluding hydrogens is 265 g/mol. The molecule has 0 amide bonds. The molecule has 0 heterocycles. The number of aryl methyl sites for hydroxylation is 1. The maximum atomic E-state index is 13.2. The first kappa shape index (κ1) is 15.5. The largest absolute Gasteiger partial charge is 0.387 e. The van der Waals surface area contributed by atoms with Gasteiger partial charge in [-0.05, 0) is 41.7 Å². The Morgan fingerprint density at radius 2 is 1.67 bits per heavy atom. The summed E-state index contributed by atoms with van der Waals surface area (Å²) < 4.78 is 13.2. The van der Waals surface area contributed by atoms with Crippen LogP contribution in [0.5, 0.6) is 0 Å². The first-order valence-corrected chi connectivity index (χ1v) is 7.25. The molecule has 0 fully saturated rings. The molecule has 0 saturated heterocycles. The van der Waals surface area contributed by atoms with Crippen molar-refractivity contribution in [2.75, 3.05) is 11.9 Å². The molecule has 112 valence electrons. The Hall–Kier alpha value is -1.87. The molecule has 0 radical (unpaired) electrons. The SMILES string of the molecule is Cc1ccc(F)cc1NCC(O)c1ccc(C(C)C)cc1. The summed E-state index contributed by atoms with van der Waals surface area (Å²) in [5, 5.41) is 13.3. The summed E-state index contributed by atoms with van der Waals surface area (Å²) in [4.78, 5) is 0. The van der Waals surface area contributed by atoms with Crippen molar-refractivity contribution in [3.63, 3.8) is 0 Å². The second-order valence-corrected chi connectivity index (χ2v) is 5.68. The molecule has 1 atom stereocenters. The third-order valence-corrected chi connectivity index (χ3v) is 3.67. The van der Waals surface area contributed by atoms with Crippen molar-refractivity contribution < 1.29 is 9.50 Å². The van der Waals surface area contributed by atoms with Crippen LogP contribution >= 0.6 is 0 Å². The molecule has 1 unspecified atom stereocenters. The summed E-state index contributed by atoms with van der Waals surface area (Å²) in [5.41, 5.74) is 3.78. The fourth-order valence-electron chi connectivity index (χ4n) is 2.21. The van der Waals surface area contributed by atoms with Gasteiger partial charge in [0, 0.05) is 12.2 Å². The van der Waals surface area contributed by atoms with Crippen molar-refractivity contribution >= 4 is 5.69 Å². The summed E-state index contributed by atoms with van der Waals surface area (Å²) in [6, 6.07) is 12.6. The van der Waals surface area contributed by atoms with E-state index in [0.717, 1.165) is 11.1 Å². The van der Waals surface area contributed by atoms with Gasteiger partial charge in [-0.3, -0.25) is 0 Å². The third kappa shape index (κ3) is 4.05. The highest BCUT2D eigenvalue weighted by atomic mass is 19.1. The van der Waals surface area contributed by atoms with Gasteiger partial charge in [-0.15, -0.1) is 0 Å². The Balaban J connectivity index is 2.01. The molecule has 2 aromatic carbocycles. The van der Waals surface area contributed by atoms with Gasteiger partial charge in [0.15, 0.2) is 0 Å². The molecule has 0 aliphatic rings. The van der Waals surface area contributed by atoms with Gasteiger partial charge in [-0.25, -0.2) is 4.39 Å². The van der Waals surface area contributed by atoms with E-state index in [4.69, 9.17) is 0 Å². The van der Waals surface area contributed by atoms with Crippen molar-refractivity contribution in [3.05, 3.63) is 65.0 Å². The minimum absolute atomic E-state index is 0.279. The Labute approximate surface area is 125 Å². The zero-order valence-corrected chi connectivity index (χ0v) is 12.7. The highest BCUT2D eigenvalue weighted by Crippen LogP contribution is 2.21. The van der Waals surface area contributed by atoms with Crippen LogP contribution in [0, 0.1) is 12.7 Å². The topological polar surface area (TPSA) is 32.3 Å². The minimum atomic E-state index is -0.617. The molecule has 2 nitrogen and oxygen atoms in total. The van der Waals surface area contributed by atoms with Crippen molar-refractivity contribution in [1.29, 1.82) is 0 Å². The molecule has 2 N–H and O–H groups in total. The molecule has 0 aromatic heterocycles. The Kier molecular flexibility index (Phi) is 4.97. The average molecular weight is 287 g/mol. The Morgan fingerprint density at radius 1 is 1.05 bits per heavy atom. The standard InChI is InChI=1S/C18H22FNO/c1-12(2)14-5-7-15(8-6-14)18(21)11-20-17-10-16(19)9-4-13(17)3/h4-10,12,18,20-21H,11H2,1-3H3. The fourth-order valence-corrected chi connectivity index (χ4v) is 2.21. The fraction of sp³-hybridized carbons (Fsp3) is 0.333. The molecule has 2 rings (SSSR count). The van der Waals surface area contributed by atoms with Crippen LogP contribution in [-0.4, -0.2) is 11.7 Å². The van der Waals surface area contributed by atoms with E-state index >= 15 is 0 Å². The second-order valence-electron chi connectivity index (χ2n) is 5.68. The first-order chi connectivity index (χ1) is 9.97. The maximum Gasteiger partial charge on any atom is 0.125 e. The number of hydrogen-bond donors (Lipinski definition) is 2. The van der Waals surface area contributed by atoms with E-state index in [-0.39, 0.29) is 5.82 Å². The average Bonchev–Trinajstić information content (AvgIpc) is 2.48. The number of aliphatic hydroxyl groups is 1. The van der Waals surface area contributed by atoms with E-state index in [1.807, 2.05) is 31.2 Å². The van der Waals surface area contributed by atoms with E-state index < -0.39 is 6.10 Å². The van der Waals surface area contributed by atoms with Crippen molar-refractivity contribution in [2.24, 2.45) is 0 Å². The van der Waals surface area contributed by atoms with E-state index in [1.54, 1.807) is 6.07 Å². The van der Waals surface area contributed by atoms with E-state index in [0.29, 0.717) is 18.2 Å². The Morgan fingerprint density at radius 3 is 2.29 bits per heavy atom. The normalized spacial score (nSPS) is 12.5. The van der Waals surface area contributed by atoms with Crippen LogP contribution in [0.15, 0.2) is 42.5 Å². The molecule has 0 bridgehead atoms. The lowest BCUT2D eigenvalue weighted by molar-refractivity contribution is 0.191. The van der Waals surface area contributed by atoms with Gasteiger partial charge in [0.2, 0.25) is 0 Å². The number of hydrogen-bond acceptors (Lipinski definition) is 2. The van der Waals surface area contributed by atoms with Crippen molar-refractivity contribution in [3.8, 4) is 0 Å². The molecule has 0 spiro atoms. The zero-order chi connectivity index (χ0) is 15.4. The lowest BCUT2D eigenvalue weighted by Gasteiger charge is -2.15. The number of halogens is 1. The number of nitrogens with one attached hydrogen (secondary N) is 1. The summed E-state index contributed by atoms with van der Waals surface area (Å²) in [5.74, 6) is 0.197. The predicted octanol–water partition coefficient (Wildman–Crippen LogP) is 4.40. The van der Waals surface area contributed by atoms with Crippen LogP contribution in [0.1, 0.15) is 42.6 Å². The summed E-state index contributed by atoms with van der Waals surface area (Å²) >= 11 is 0. The molecule has 0 saturated carbocycles. The van der Waals surface area contributed by atoms with E-state index in [9.17, 15) is 9.50 Å². The van der Waals surface area contributed by atoms with Gasteiger partial charge >= 0.3 is 0 Å². The highest BCUT2D eigenvalue weighted by molar-refractivity contribution is 5.50. The summed E-state index contributed by atoms with van der Waals surface area (Å²) in [7, 11) is 0. The smallest absolute Gasteiger partial charge is 0.125 e. The van der Waals surface area contributed by atoms with E-state index in [2.05, 4.69) is 19.2 Å². The lowest BCUT2D eigenvalue weighted by Crippen LogP contribution is -2.13. The van der Waals surface area contributed by atoms with Crippen molar-refractivity contribution in [2.45, 2.75) is 32.8 Å². The third-order valence-electron chi connectivity index (χ3n) is 3.67. The van der Waals surface area contributed by atoms with Crippen molar-refractivity contribution in [1.82, 2.24) is 0 Å². The number of benzene rings is 2. The van der Waals surface area contributed by atoms with Crippen LogP contribution in [0.2, 0.25) is 0 Å². The van der Waals surface area contributed by atoms with Gasteiger partial charge in [-0.1, -0.05) is 44.2 Å². The zero-order valence-electron chi connectivity index (χ0n) is 12.7. The number of rotatable bonds is 5. The second kappa shape index (κ2) is 6.72. The van der Waals surface area contributed by atoms with E-state index in [1.165, 1.54) is 17.7 Å². The number of aliphatic hydroxyl groups excluding tert-OH is 1. The molecule has 0 aliphatic carbocycles. The van der Waals surface area contributed by atoms with Gasteiger partial charge in [-0.2, -0.15) is 0 Å². The predicted molar refractivity (Wildman–Crippen MR) is 85.1 cm³/mol.